The SMILES string of the molecule is Cc1cc2c(c(C)c1CCO[N+](=O)[O-])CC(C)(C)C2O. The van der Waals surface area contributed by atoms with Crippen LogP contribution in [-0.2, 0) is 17.7 Å². The van der Waals surface area contributed by atoms with Crippen LogP contribution in [0.1, 0.15) is 47.8 Å². The van der Waals surface area contributed by atoms with Crippen molar-refractivity contribution in [2.45, 2.75) is 46.6 Å². The van der Waals surface area contributed by atoms with Crippen LogP contribution in [0.15, 0.2) is 6.07 Å². The maximum atomic E-state index is 10.4. The number of fused-ring (bicyclic) bond motifs is 1. The molecule has 1 aromatic carbocycles. The molecule has 0 aliphatic heterocycles. The van der Waals surface area contributed by atoms with Gasteiger partial charge in [-0.05, 0) is 59.9 Å². The molecule has 5 heteroatoms. The second kappa shape index (κ2) is 5.05. The maximum Gasteiger partial charge on any atom is 0.294 e. The highest BCUT2D eigenvalue weighted by Gasteiger charge is 2.39. The lowest BCUT2D eigenvalue weighted by atomic mass is 9.87. The number of aliphatic hydroxyl groups excluding tert-OH is 1. The van der Waals surface area contributed by atoms with E-state index in [-0.39, 0.29) is 12.0 Å². The van der Waals surface area contributed by atoms with Crippen LogP contribution in [0.25, 0.3) is 0 Å². The summed E-state index contributed by atoms with van der Waals surface area (Å²) in [6.07, 6.45) is 0.903. The molecular formula is C15H21NO4. The smallest absolute Gasteiger partial charge is 0.294 e. The van der Waals surface area contributed by atoms with Crippen molar-refractivity contribution in [3.63, 3.8) is 0 Å². The number of benzene rings is 1. The van der Waals surface area contributed by atoms with Gasteiger partial charge in [-0.25, -0.2) is 0 Å². The van der Waals surface area contributed by atoms with E-state index in [4.69, 9.17) is 0 Å². The summed E-state index contributed by atoms with van der Waals surface area (Å²) in [5.41, 5.74) is 5.32. The van der Waals surface area contributed by atoms with Crippen molar-refractivity contribution in [2.24, 2.45) is 5.41 Å². The first-order chi connectivity index (χ1) is 9.24. The molecule has 0 radical (unpaired) electrons. The molecule has 110 valence electrons. The molecule has 20 heavy (non-hydrogen) atoms. The molecule has 1 aliphatic carbocycles. The van der Waals surface area contributed by atoms with Crippen LogP contribution < -0.4 is 0 Å². The molecular weight excluding hydrogens is 258 g/mol. The molecule has 0 saturated heterocycles. The van der Waals surface area contributed by atoms with Crippen molar-refractivity contribution in [1.82, 2.24) is 0 Å². The van der Waals surface area contributed by atoms with Gasteiger partial charge in [-0.1, -0.05) is 19.9 Å². The monoisotopic (exact) mass is 279 g/mol. The molecule has 0 fully saturated rings. The number of hydrogen-bond acceptors (Lipinski definition) is 4. The molecule has 1 N–H and O–H groups in total. The van der Waals surface area contributed by atoms with Crippen LogP contribution in [-0.4, -0.2) is 16.8 Å². The Balaban J connectivity index is 2.32. The van der Waals surface area contributed by atoms with E-state index in [1.54, 1.807) is 0 Å². The van der Waals surface area contributed by atoms with Crippen molar-refractivity contribution in [2.75, 3.05) is 6.61 Å². The van der Waals surface area contributed by atoms with E-state index >= 15 is 0 Å². The highest BCUT2D eigenvalue weighted by atomic mass is 16.9. The summed E-state index contributed by atoms with van der Waals surface area (Å²) >= 11 is 0. The molecule has 0 aromatic heterocycles. The first-order valence-corrected chi connectivity index (χ1v) is 6.81. The Hall–Kier alpha value is -1.62. The van der Waals surface area contributed by atoms with E-state index in [9.17, 15) is 15.2 Å². The van der Waals surface area contributed by atoms with Gasteiger partial charge in [-0.3, -0.25) is 0 Å². The normalized spacial score (nSPS) is 19.8. The van der Waals surface area contributed by atoms with E-state index < -0.39 is 11.2 Å². The molecule has 1 aromatic rings. The topological polar surface area (TPSA) is 72.6 Å². The second-order valence-electron chi connectivity index (χ2n) is 6.24. The summed E-state index contributed by atoms with van der Waals surface area (Å²) in [6.45, 7) is 8.19. The summed E-state index contributed by atoms with van der Waals surface area (Å²) in [5.74, 6) is 0. The summed E-state index contributed by atoms with van der Waals surface area (Å²) < 4.78 is 0. The number of aliphatic hydroxyl groups is 1. The number of hydrogen-bond donors (Lipinski definition) is 1. The van der Waals surface area contributed by atoms with Crippen LogP contribution in [0, 0.1) is 29.4 Å². The van der Waals surface area contributed by atoms with Crippen LogP contribution in [0.2, 0.25) is 0 Å². The van der Waals surface area contributed by atoms with E-state index in [0.717, 1.165) is 28.7 Å². The van der Waals surface area contributed by atoms with E-state index in [1.807, 2.05) is 19.9 Å². The van der Waals surface area contributed by atoms with Gasteiger partial charge >= 0.3 is 0 Å². The summed E-state index contributed by atoms with van der Waals surface area (Å²) in [5, 5.41) is 19.8. The predicted octanol–water partition coefficient (Wildman–Crippen LogP) is 2.67. The summed E-state index contributed by atoms with van der Waals surface area (Å²) in [6, 6.07) is 2.02. The Bertz CT molecular complexity index is 551. The number of rotatable bonds is 4. The lowest BCUT2D eigenvalue weighted by molar-refractivity contribution is -0.757. The lowest BCUT2D eigenvalue weighted by Gasteiger charge is -2.22. The summed E-state index contributed by atoms with van der Waals surface area (Å²) in [4.78, 5) is 14.6. The van der Waals surface area contributed by atoms with E-state index in [1.165, 1.54) is 5.56 Å². The Morgan fingerprint density at radius 3 is 2.75 bits per heavy atom. The molecule has 0 spiro atoms. The van der Waals surface area contributed by atoms with Gasteiger partial charge in [0.1, 0.15) is 6.61 Å². The highest BCUT2D eigenvalue weighted by Crippen LogP contribution is 2.47. The Kier molecular flexibility index (Phi) is 3.73. The van der Waals surface area contributed by atoms with E-state index in [2.05, 4.69) is 18.7 Å². The Morgan fingerprint density at radius 2 is 2.15 bits per heavy atom. The molecule has 1 aliphatic rings. The molecule has 0 amide bonds. The van der Waals surface area contributed by atoms with Crippen LogP contribution in [0.5, 0.6) is 0 Å². The average molecular weight is 279 g/mol. The van der Waals surface area contributed by atoms with Gasteiger partial charge in [-0.15, -0.1) is 10.1 Å². The highest BCUT2D eigenvalue weighted by molar-refractivity contribution is 5.49. The summed E-state index contributed by atoms with van der Waals surface area (Å²) in [7, 11) is 0. The van der Waals surface area contributed by atoms with Gasteiger partial charge in [0.15, 0.2) is 0 Å². The molecule has 0 saturated carbocycles. The lowest BCUT2D eigenvalue weighted by Crippen LogP contribution is -2.16. The molecule has 1 atom stereocenters. The number of aryl methyl sites for hydroxylation is 1. The Morgan fingerprint density at radius 1 is 1.50 bits per heavy atom. The molecule has 1 unspecified atom stereocenters. The van der Waals surface area contributed by atoms with Gasteiger partial charge in [-0.2, -0.15) is 0 Å². The fourth-order valence-electron chi connectivity index (χ4n) is 3.16. The third kappa shape index (κ3) is 2.50. The second-order valence-corrected chi connectivity index (χ2v) is 6.24. The minimum atomic E-state index is -0.759. The van der Waals surface area contributed by atoms with Gasteiger partial charge in [0.2, 0.25) is 0 Å². The fraction of sp³-hybridized carbons (Fsp3) is 0.600. The Labute approximate surface area is 118 Å². The first-order valence-electron chi connectivity index (χ1n) is 6.81. The minimum Gasteiger partial charge on any atom is -0.388 e. The molecule has 2 rings (SSSR count). The first kappa shape index (κ1) is 14.8. The standard InChI is InChI=1S/C15H21NO4/c1-9-7-12-13(8-15(3,4)14(12)17)10(2)11(9)5-6-20-16(18)19/h7,14,17H,5-6,8H2,1-4H3. The molecule has 0 bridgehead atoms. The van der Waals surface area contributed by atoms with Crippen molar-refractivity contribution in [3.8, 4) is 0 Å². The van der Waals surface area contributed by atoms with Gasteiger partial charge in [0.25, 0.3) is 5.09 Å². The maximum absolute atomic E-state index is 10.4. The fourth-order valence-corrected chi connectivity index (χ4v) is 3.16. The van der Waals surface area contributed by atoms with Crippen molar-refractivity contribution >= 4 is 0 Å². The van der Waals surface area contributed by atoms with Gasteiger partial charge in [0, 0.05) is 0 Å². The van der Waals surface area contributed by atoms with Gasteiger partial charge < -0.3 is 9.94 Å². The van der Waals surface area contributed by atoms with Crippen molar-refractivity contribution in [3.05, 3.63) is 44.0 Å². The van der Waals surface area contributed by atoms with Crippen LogP contribution in [0.4, 0.5) is 0 Å². The third-order valence-corrected chi connectivity index (χ3v) is 4.32. The zero-order valence-corrected chi connectivity index (χ0v) is 12.4. The predicted molar refractivity (Wildman–Crippen MR) is 75.0 cm³/mol. The van der Waals surface area contributed by atoms with Crippen LogP contribution >= 0.6 is 0 Å². The average Bonchev–Trinajstić information content (AvgIpc) is 2.56. The molecule has 0 heterocycles. The molecule has 5 nitrogen and oxygen atoms in total. The van der Waals surface area contributed by atoms with Crippen LogP contribution in [0.3, 0.4) is 0 Å². The zero-order valence-electron chi connectivity index (χ0n) is 12.4. The van der Waals surface area contributed by atoms with E-state index in [0.29, 0.717) is 6.42 Å². The zero-order chi connectivity index (χ0) is 15.1. The van der Waals surface area contributed by atoms with Gasteiger partial charge in [0.05, 0.1) is 6.10 Å². The van der Waals surface area contributed by atoms with Crippen molar-refractivity contribution < 1.29 is 15.0 Å². The third-order valence-electron chi connectivity index (χ3n) is 4.32. The minimum absolute atomic E-state index is 0.0689. The van der Waals surface area contributed by atoms with Crippen molar-refractivity contribution in [1.29, 1.82) is 0 Å². The quantitative estimate of drug-likeness (QED) is 0.679. The number of nitrogens with zero attached hydrogens (tertiary/aromatic N) is 1. The largest absolute Gasteiger partial charge is 0.388 e.